The average Bonchev–Trinajstić information content (AvgIpc) is 2.40. The van der Waals surface area contributed by atoms with Crippen LogP contribution in [-0.4, -0.2) is 21.0 Å². The van der Waals surface area contributed by atoms with Gasteiger partial charge in [0.15, 0.2) is 0 Å². The number of non-ortho nitro benzene ring substituents is 1. The predicted octanol–water partition coefficient (Wildman–Crippen LogP) is 2.19. The summed E-state index contributed by atoms with van der Waals surface area (Å²) in [7, 11) is 0. The number of phenolic OH excluding ortho intramolecular Hbond substituents is 2. The summed E-state index contributed by atoms with van der Waals surface area (Å²) in [4.78, 5) is 21.7. The zero-order valence-corrected chi connectivity index (χ0v) is 10.8. The van der Waals surface area contributed by atoms with Crippen molar-refractivity contribution >= 4 is 17.3 Å². The highest BCUT2D eigenvalue weighted by molar-refractivity contribution is 5.93. The molecule has 108 valence electrons. The van der Waals surface area contributed by atoms with Crippen LogP contribution >= 0.6 is 0 Å². The van der Waals surface area contributed by atoms with Crippen LogP contribution in [0.5, 0.6) is 11.5 Å². The molecule has 7 nitrogen and oxygen atoms in total. The fraction of sp³-hybridized carbons (Fsp3) is 0.0714. The van der Waals surface area contributed by atoms with E-state index in [9.17, 15) is 25.1 Å². The molecule has 3 N–H and O–H groups in total. The zero-order chi connectivity index (χ0) is 15.4. The molecule has 0 bridgehead atoms. The lowest BCUT2D eigenvalue weighted by atomic mass is 10.1. The van der Waals surface area contributed by atoms with E-state index < -0.39 is 10.8 Å². The lowest BCUT2D eigenvalue weighted by Crippen LogP contribution is -2.14. The van der Waals surface area contributed by atoms with Crippen molar-refractivity contribution in [3.8, 4) is 11.5 Å². The van der Waals surface area contributed by atoms with Gasteiger partial charge in [0.2, 0.25) is 5.91 Å². The predicted molar refractivity (Wildman–Crippen MR) is 75.2 cm³/mol. The van der Waals surface area contributed by atoms with Gasteiger partial charge in [-0.05, 0) is 23.8 Å². The highest BCUT2D eigenvalue weighted by Crippen LogP contribution is 2.28. The van der Waals surface area contributed by atoms with Gasteiger partial charge in [0.1, 0.15) is 11.5 Å². The highest BCUT2D eigenvalue weighted by atomic mass is 16.6. The van der Waals surface area contributed by atoms with Gasteiger partial charge in [-0.1, -0.05) is 12.1 Å². The summed E-state index contributed by atoms with van der Waals surface area (Å²) < 4.78 is 0. The van der Waals surface area contributed by atoms with Gasteiger partial charge in [0.05, 0.1) is 23.1 Å². The molecule has 0 saturated heterocycles. The molecule has 0 aliphatic rings. The molecule has 0 aliphatic carbocycles. The molecule has 0 atom stereocenters. The first-order valence-corrected chi connectivity index (χ1v) is 6.01. The van der Waals surface area contributed by atoms with E-state index in [-0.39, 0.29) is 29.3 Å². The molecule has 21 heavy (non-hydrogen) atoms. The minimum atomic E-state index is -0.641. The first-order valence-electron chi connectivity index (χ1n) is 6.01. The Morgan fingerprint density at radius 1 is 1.19 bits per heavy atom. The zero-order valence-electron chi connectivity index (χ0n) is 10.8. The number of nitro benzene ring substituents is 1. The lowest BCUT2D eigenvalue weighted by molar-refractivity contribution is -0.384. The van der Waals surface area contributed by atoms with Crippen molar-refractivity contribution in [3.05, 3.63) is 58.1 Å². The number of benzene rings is 2. The topological polar surface area (TPSA) is 113 Å². The van der Waals surface area contributed by atoms with Crippen LogP contribution in [0.25, 0.3) is 0 Å². The molecule has 0 aromatic heterocycles. The first kappa shape index (κ1) is 14.3. The average molecular weight is 288 g/mol. The quantitative estimate of drug-likeness (QED) is 0.453. The van der Waals surface area contributed by atoms with Crippen molar-refractivity contribution in [1.82, 2.24) is 0 Å². The molecule has 2 rings (SSSR count). The van der Waals surface area contributed by atoms with Gasteiger partial charge in [-0.15, -0.1) is 0 Å². The minimum Gasteiger partial charge on any atom is -0.508 e. The molecule has 7 heteroatoms. The number of nitrogens with one attached hydrogen (secondary N) is 1. The van der Waals surface area contributed by atoms with Crippen LogP contribution in [0.15, 0.2) is 42.5 Å². The van der Waals surface area contributed by atoms with Gasteiger partial charge in [0, 0.05) is 6.07 Å². The van der Waals surface area contributed by atoms with Crippen molar-refractivity contribution in [1.29, 1.82) is 0 Å². The van der Waals surface area contributed by atoms with E-state index in [2.05, 4.69) is 5.32 Å². The summed E-state index contributed by atoms with van der Waals surface area (Å²) in [6.45, 7) is 0. The van der Waals surface area contributed by atoms with Crippen LogP contribution in [0.3, 0.4) is 0 Å². The van der Waals surface area contributed by atoms with Crippen molar-refractivity contribution in [3.63, 3.8) is 0 Å². The third-order valence-corrected chi connectivity index (χ3v) is 2.74. The number of carbonyl (C=O) groups is 1. The number of rotatable bonds is 4. The molecule has 0 heterocycles. The Kier molecular flexibility index (Phi) is 4.03. The number of aromatic hydroxyl groups is 2. The normalized spacial score (nSPS) is 10.1. The summed E-state index contributed by atoms with van der Waals surface area (Å²) in [5.41, 5.74) is 0.429. The Balaban J connectivity index is 2.08. The molecule has 0 radical (unpaired) electrons. The number of hydrogen-bond donors (Lipinski definition) is 3. The monoisotopic (exact) mass is 288 g/mol. The minimum absolute atomic E-state index is 0.00479. The molecule has 0 fully saturated rings. The number of hydrogen-bond acceptors (Lipinski definition) is 5. The number of amides is 1. The smallest absolute Gasteiger partial charge is 0.273 e. The summed E-state index contributed by atoms with van der Waals surface area (Å²) in [5.74, 6) is -0.739. The first-order chi connectivity index (χ1) is 9.95. The molecular weight excluding hydrogens is 276 g/mol. The van der Waals surface area contributed by atoms with Crippen molar-refractivity contribution in [2.45, 2.75) is 6.42 Å². The Morgan fingerprint density at radius 2 is 1.95 bits per heavy atom. The second kappa shape index (κ2) is 5.91. The molecule has 2 aromatic carbocycles. The SMILES string of the molecule is O=C(Cc1cccc(O)c1)Nc1ccc([N+](=O)[O-])cc1O. The van der Waals surface area contributed by atoms with Crippen molar-refractivity contribution in [2.75, 3.05) is 5.32 Å². The summed E-state index contributed by atoms with van der Waals surface area (Å²) in [6.07, 6.45) is 0.00479. The molecule has 0 spiro atoms. The number of anilines is 1. The third kappa shape index (κ3) is 3.69. The van der Waals surface area contributed by atoms with Gasteiger partial charge in [0.25, 0.3) is 5.69 Å². The second-order valence-electron chi connectivity index (χ2n) is 4.35. The molecule has 2 aromatic rings. The van der Waals surface area contributed by atoms with Crippen LogP contribution < -0.4 is 5.32 Å². The fourth-order valence-corrected chi connectivity index (χ4v) is 1.79. The largest absolute Gasteiger partial charge is 0.508 e. The molecule has 0 unspecified atom stereocenters. The van der Waals surface area contributed by atoms with E-state index in [0.29, 0.717) is 5.56 Å². The maximum Gasteiger partial charge on any atom is 0.273 e. The standard InChI is InChI=1S/C14H12N2O5/c17-11-3-1-2-9(6-11)7-14(19)15-12-5-4-10(16(20)21)8-13(12)18/h1-6,8,17-18H,7H2,(H,15,19). The van der Waals surface area contributed by atoms with E-state index >= 15 is 0 Å². The van der Waals surface area contributed by atoms with Crippen molar-refractivity contribution in [2.24, 2.45) is 0 Å². The maximum atomic E-state index is 11.8. The Morgan fingerprint density at radius 3 is 2.57 bits per heavy atom. The molecular formula is C14H12N2O5. The molecule has 0 aliphatic heterocycles. The van der Waals surface area contributed by atoms with Gasteiger partial charge >= 0.3 is 0 Å². The summed E-state index contributed by atoms with van der Waals surface area (Å²) >= 11 is 0. The summed E-state index contributed by atoms with van der Waals surface area (Å²) in [6, 6.07) is 9.64. The number of carbonyl (C=O) groups excluding carboxylic acids is 1. The molecule has 0 saturated carbocycles. The van der Waals surface area contributed by atoms with Crippen molar-refractivity contribution < 1.29 is 19.9 Å². The van der Waals surface area contributed by atoms with Crippen LogP contribution in [0.1, 0.15) is 5.56 Å². The summed E-state index contributed by atoms with van der Waals surface area (Å²) in [5, 5.41) is 31.9. The van der Waals surface area contributed by atoms with Crippen LogP contribution in [0.2, 0.25) is 0 Å². The van der Waals surface area contributed by atoms with E-state index in [0.717, 1.165) is 6.07 Å². The second-order valence-corrected chi connectivity index (χ2v) is 4.35. The maximum absolute atomic E-state index is 11.8. The van der Waals surface area contributed by atoms with Crippen LogP contribution in [0.4, 0.5) is 11.4 Å². The number of nitro groups is 1. The molecule has 1 amide bonds. The highest BCUT2D eigenvalue weighted by Gasteiger charge is 2.12. The van der Waals surface area contributed by atoms with Gasteiger partial charge < -0.3 is 15.5 Å². The third-order valence-electron chi connectivity index (χ3n) is 2.74. The van der Waals surface area contributed by atoms with E-state index in [4.69, 9.17) is 0 Å². The fourth-order valence-electron chi connectivity index (χ4n) is 1.79. The Labute approximate surface area is 119 Å². The number of phenols is 2. The van der Waals surface area contributed by atoms with Gasteiger partial charge in [-0.3, -0.25) is 14.9 Å². The van der Waals surface area contributed by atoms with E-state index in [1.807, 2.05) is 0 Å². The van der Waals surface area contributed by atoms with Crippen LogP contribution in [-0.2, 0) is 11.2 Å². The lowest BCUT2D eigenvalue weighted by Gasteiger charge is -2.07. The Hall–Kier alpha value is -3.09. The Bertz CT molecular complexity index is 700. The van der Waals surface area contributed by atoms with Crippen LogP contribution in [0, 0.1) is 10.1 Å². The number of nitrogens with zero attached hydrogens (tertiary/aromatic N) is 1. The van der Waals surface area contributed by atoms with Gasteiger partial charge in [-0.2, -0.15) is 0 Å². The van der Waals surface area contributed by atoms with Gasteiger partial charge in [-0.25, -0.2) is 0 Å². The van der Waals surface area contributed by atoms with E-state index in [1.165, 1.54) is 24.3 Å². The van der Waals surface area contributed by atoms with E-state index in [1.54, 1.807) is 12.1 Å².